The lowest BCUT2D eigenvalue weighted by atomic mass is 9.94. The van der Waals surface area contributed by atoms with E-state index in [0.717, 1.165) is 32.5 Å². The SMILES string of the molecule is CCN(C(=O)CCC1CCC[N]C1)C1CCCC1. The van der Waals surface area contributed by atoms with Gasteiger partial charge < -0.3 is 4.90 Å². The molecule has 3 nitrogen and oxygen atoms in total. The normalized spacial score (nSPS) is 25.3. The van der Waals surface area contributed by atoms with Crippen LogP contribution in [0.4, 0.5) is 0 Å². The lowest BCUT2D eigenvalue weighted by molar-refractivity contribution is -0.133. The topological polar surface area (TPSA) is 34.4 Å². The molecule has 1 heterocycles. The molecule has 2 rings (SSSR count). The molecule has 0 aromatic heterocycles. The van der Waals surface area contributed by atoms with Gasteiger partial charge in [0.1, 0.15) is 0 Å². The van der Waals surface area contributed by atoms with Gasteiger partial charge in [-0.2, -0.15) is 0 Å². The first kappa shape index (κ1) is 13.9. The van der Waals surface area contributed by atoms with Gasteiger partial charge in [-0.05, 0) is 44.9 Å². The molecule has 2 aliphatic rings. The molecule has 0 aromatic carbocycles. The smallest absolute Gasteiger partial charge is 0.222 e. The van der Waals surface area contributed by atoms with E-state index in [1.165, 1.54) is 38.5 Å². The third-order valence-corrected chi connectivity index (χ3v) is 4.51. The third-order valence-electron chi connectivity index (χ3n) is 4.51. The van der Waals surface area contributed by atoms with Gasteiger partial charge in [-0.3, -0.25) is 4.79 Å². The maximum Gasteiger partial charge on any atom is 0.222 e. The molecule has 2 fully saturated rings. The highest BCUT2D eigenvalue weighted by Gasteiger charge is 2.25. The van der Waals surface area contributed by atoms with Crippen molar-refractivity contribution in [3.05, 3.63) is 0 Å². The van der Waals surface area contributed by atoms with Crippen LogP contribution in [0.1, 0.15) is 58.3 Å². The lowest BCUT2D eigenvalue weighted by Gasteiger charge is -2.29. The molecule has 1 radical (unpaired) electrons. The van der Waals surface area contributed by atoms with Gasteiger partial charge in [-0.15, -0.1) is 0 Å². The zero-order chi connectivity index (χ0) is 12.8. The lowest BCUT2D eigenvalue weighted by Crippen LogP contribution is -2.39. The first-order chi connectivity index (χ1) is 8.81. The van der Waals surface area contributed by atoms with E-state index in [0.29, 0.717) is 17.9 Å². The molecule has 0 spiro atoms. The number of hydrogen-bond donors (Lipinski definition) is 0. The van der Waals surface area contributed by atoms with E-state index >= 15 is 0 Å². The van der Waals surface area contributed by atoms with Crippen LogP contribution in [0, 0.1) is 5.92 Å². The van der Waals surface area contributed by atoms with Gasteiger partial charge in [-0.1, -0.05) is 12.8 Å². The summed E-state index contributed by atoms with van der Waals surface area (Å²) in [5, 5.41) is 4.45. The molecule has 0 bridgehead atoms. The second-order valence-electron chi connectivity index (χ2n) is 5.79. The van der Waals surface area contributed by atoms with Crippen molar-refractivity contribution < 1.29 is 4.79 Å². The monoisotopic (exact) mass is 251 g/mol. The van der Waals surface area contributed by atoms with Gasteiger partial charge >= 0.3 is 0 Å². The summed E-state index contributed by atoms with van der Waals surface area (Å²) in [6.45, 7) is 5.03. The van der Waals surface area contributed by atoms with E-state index < -0.39 is 0 Å². The number of rotatable bonds is 5. The van der Waals surface area contributed by atoms with Crippen molar-refractivity contribution in [2.75, 3.05) is 19.6 Å². The fourth-order valence-corrected chi connectivity index (χ4v) is 3.42. The highest BCUT2D eigenvalue weighted by Crippen LogP contribution is 2.25. The van der Waals surface area contributed by atoms with Crippen molar-refractivity contribution in [3.8, 4) is 0 Å². The van der Waals surface area contributed by atoms with Crippen LogP contribution >= 0.6 is 0 Å². The fraction of sp³-hybridized carbons (Fsp3) is 0.933. The average molecular weight is 251 g/mol. The summed E-state index contributed by atoms with van der Waals surface area (Å²) < 4.78 is 0. The maximum atomic E-state index is 12.3. The molecule has 18 heavy (non-hydrogen) atoms. The Morgan fingerprint density at radius 1 is 1.22 bits per heavy atom. The second-order valence-corrected chi connectivity index (χ2v) is 5.79. The second kappa shape index (κ2) is 7.13. The van der Waals surface area contributed by atoms with Crippen molar-refractivity contribution in [1.29, 1.82) is 0 Å². The predicted molar refractivity (Wildman–Crippen MR) is 73.5 cm³/mol. The Balaban J connectivity index is 1.74. The molecule has 0 aromatic rings. The summed E-state index contributed by atoms with van der Waals surface area (Å²) >= 11 is 0. The van der Waals surface area contributed by atoms with E-state index in [1.54, 1.807) is 0 Å². The van der Waals surface area contributed by atoms with E-state index in [1.807, 2.05) is 0 Å². The summed E-state index contributed by atoms with van der Waals surface area (Å²) in [6.07, 6.45) is 9.32. The van der Waals surface area contributed by atoms with Crippen LogP contribution < -0.4 is 5.32 Å². The van der Waals surface area contributed by atoms with Crippen LogP contribution in [-0.2, 0) is 4.79 Å². The molecule has 0 N–H and O–H groups in total. The number of nitrogens with zero attached hydrogens (tertiary/aromatic N) is 2. The molecule has 1 atom stereocenters. The van der Waals surface area contributed by atoms with E-state index in [-0.39, 0.29) is 0 Å². The zero-order valence-corrected chi connectivity index (χ0v) is 11.7. The maximum absolute atomic E-state index is 12.3. The summed E-state index contributed by atoms with van der Waals surface area (Å²) in [5.41, 5.74) is 0. The first-order valence-electron chi connectivity index (χ1n) is 7.74. The van der Waals surface area contributed by atoms with Gasteiger partial charge in [0, 0.05) is 32.1 Å². The van der Waals surface area contributed by atoms with E-state index in [4.69, 9.17) is 0 Å². The quantitative estimate of drug-likeness (QED) is 0.739. The van der Waals surface area contributed by atoms with Crippen LogP contribution in [0.3, 0.4) is 0 Å². The average Bonchev–Trinajstić information content (AvgIpc) is 2.92. The van der Waals surface area contributed by atoms with Crippen molar-refractivity contribution in [2.24, 2.45) is 5.92 Å². The number of hydrogen-bond acceptors (Lipinski definition) is 1. The molecule has 1 saturated carbocycles. The minimum absolute atomic E-state index is 0.384. The van der Waals surface area contributed by atoms with Gasteiger partial charge in [0.25, 0.3) is 0 Å². The molecular formula is C15H27N2O. The van der Waals surface area contributed by atoms with Gasteiger partial charge in [-0.25, -0.2) is 5.32 Å². The number of piperidine rings is 1. The first-order valence-corrected chi connectivity index (χ1v) is 7.74. The molecular weight excluding hydrogens is 224 g/mol. The highest BCUT2D eigenvalue weighted by molar-refractivity contribution is 5.76. The molecule has 3 heteroatoms. The van der Waals surface area contributed by atoms with Crippen LogP contribution in [0.15, 0.2) is 0 Å². The number of carbonyl (C=O) groups excluding carboxylic acids is 1. The van der Waals surface area contributed by atoms with Crippen molar-refractivity contribution in [3.63, 3.8) is 0 Å². The Morgan fingerprint density at radius 2 is 2.00 bits per heavy atom. The highest BCUT2D eigenvalue weighted by atomic mass is 16.2. The van der Waals surface area contributed by atoms with Gasteiger partial charge in [0.05, 0.1) is 0 Å². The van der Waals surface area contributed by atoms with Crippen LogP contribution in [-0.4, -0.2) is 36.5 Å². The summed E-state index contributed by atoms with van der Waals surface area (Å²) in [7, 11) is 0. The Kier molecular flexibility index (Phi) is 5.48. The summed E-state index contributed by atoms with van der Waals surface area (Å²) in [6, 6.07) is 0.540. The molecule has 103 valence electrons. The standard InChI is InChI=1S/C15H27N2O/c1-2-17(14-7-3-4-8-14)15(18)10-9-13-6-5-11-16-12-13/h13-14H,2-12H2,1H3. The molecule has 1 saturated heterocycles. The zero-order valence-electron chi connectivity index (χ0n) is 11.7. The van der Waals surface area contributed by atoms with Crippen LogP contribution in [0.2, 0.25) is 0 Å². The van der Waals surface area contributed by atoms with Crippen molar-refractivity contribution >= 4 is 5.91 Å². The Bertz CT molecular complexity index is 255. The van der Waals surface area contributed by atoms with Gasteiger partial charge in [0.15, 0.2) is 0 Å². The summed E-state index contributed by atoms with van der Waals surface area (Å²) in [5.74, 6) is 1.06. The molecule has 1 unspecified atom stereocenters. The van der Waals surface area contributed by atoms with Crippen molar-refractivity contribution in [2.45, 2.75) is 64.3 Å². The summed E-state index contributed by atoms with van der Waals surface area (Å²) in [4.78, 5) is 14.4. The molecule has 1 amide bonds. The molecule has 1 aliphatic carbocycles. The van der Waals surface area contributed by atoms with Crippen LogP contribution in [0.25, 0.3) is 0 Å². The minimum atomic E-state index is 0.384. The van der Waals surface area contributed by atoms with Gasteiger partial charge in [0.2, 0.25) is 5.91 Å². The fourth-order valence-electron chi connectivity index (χ4n) is 3.42. The Morgan fingerprint density at radius 3 is 2.61 bits per heavy atom. The number of carbonyl (C=O) groups is 1. The largest absolute Gasteiger partial charge is 0.340 e. The molecule has 1 aliphatic heterocycles. The number of amides is 1. The Hall–Kier alpha value is -0.570. The van der Waals surface area contributed by atoms with E-state index in [9.17, 15) is 4.79 Å². The van der Waals surface area contributed by atoms with Crippen LogP contribution in [0.5, 0.6) is 0 Å². The minimum Gasteiger partial charge on any atom is -0.340 e. The Labute approximate surface area is 111 Å². The van der Waals surface area contributed by atoms with Crippen molar-refractivity contribution in [1.82, 2.24) is 10.2 Å². The predicted octanol–water partition coefficient (Wildman–Crippen LogP) is 2.57. The van der Waals surface area contributed by atoms with E-state index in [2.05, 4.69) is 17.1 Å². The third kappa shape index (κ3) is 3.71.